The van der Waals surface area contributed by atoms with Crippen molar-refractivity contribution >= 4 is 40.5 Å². The Hall–Kier alpha value is -5.73. The maximum Gasteiger partial charge on any atom is 0.326 e. The fraction of sp³-hybridized carbons (Fsp3) is 0.359. The van der Waals surface area contributed by atoms with Gasteiger partial charge in [-0.25, -0.2) is 4.79 Å². The summed E-state index contributed by atoms with van der Waals surface area (Å²) in [6.45, 7) is 4.84. The van der Waals surface area contributed by atoms with Gasteiger partial charge in [0.25, 0.3) is 0 Å². The summed E-state index contributed by atoms with van der Waals surface area (Å²) < 4.78 is 0. The molecule has 282 valence electrons. The van der Waals surface area contributed by atoms with Gasteiger partial charge in [-0.15, -0.1) is 0 Å². The van der Waals surface area contributed by atoms with Gasteiger partial charge in [0.1, 0.15) is 29.9 Å². The first-order valence-corrected chi connectivity index (χ1v) is 17.5. The number of aromatic amines is 1. The predicted molar refractivity (Wildman–Crippen MR) is 198 cm³/mol. The number of aromatic nitrogens is 1. The van der Waals surface area contributed by atoms with Crippen LogP contribution in [0.5, 0.6) is 5.75 Å². The van der Waals surface area contributed by atoms with E-state index in [2.05, 4.69) is 26.3 Å². The lowest BCUT2D eigenvalue weighted by Gasteiger charge is -2.29. The molecule has 0 spiro atoms. The number of nitrogens with one attached hydrogen (secondary N) is 5. The first-order chi connectivity index (χ1) is 25.3. The number of carboxylic acid groups (broad SMARTS) is 1. The number of carbonyl (C=O) groups is 5. The van der Waals surface area contributed by atoms with Crippen molar-refractivity contribution < 1.29 is 39.3 Å². The zero-order valence-electron chi connectivity index (χ0n) is 29.9. The van der Waals surface area contributed by atoms with Crippen molar-refractivity contribution in [2.24, 2.45) is 11.7 Å². The largest absolute Gasteiger partial charge is 0.508 e. The molecule has 0 fully saturated rings. The lowest BCUT2D eigenvalue weighted by atomic mass is 9.96. The van der Waals surface area contributed by atoms with E-state index in [9.17, 15) is 39.3 Å². The van der Waals surface area contributed by atoms with Crippen molar-refractivity contribution in [2.75, 3.05) is 0 Å². The minimum absolute atomic E-state index is 0.0144. The number of aliphatic hydroxyl groups excluding tert-OH is 1. The molecule has 1 aromatic heterocycles. The molecule has 0 saturated heterocycles. The second-order valence-corrected chi connectivity index (χ2v) is 13.3. The number of phenolic OH excluding ortho intramolecular Hbond substituents is 1. The molecule has 0 aliphatic heterocycles. The SMILES string of the molecule is CC[C@H](C)[C@H](NC(=O)[C@H](Cc1ccc(O)cc1)NC(=O)[C@@H](NC(=O)[C@@H](N)Cc1c[nH]c2ccccc12)[C@@H](C)O)C(=O)N[C@@H](Cc1ccccc1)C(=O)O. The van der Waals surface area contributed by atoms with E-state index in [1.165, 1.54) is 19.1 Å². The molecule has 0 aliphatic rings. The molecule has 0 aliphatic carbocycles. The number of phenols is 1. The summed E-state index contributed by atoms with van der Waals surface area (Å²) in [5, 5.41) is 41.5. The van der Waals surface area contributed by atoms with Crippen molar-refractivity contribution in [3.8, 4) is 5.75 Å². The van der Waals surface area contributed by atoms with E-state index in [0.717, 1.165) is 16.5 Å². The van der Waals surface area contributed by atoms with Gasteiger partial charge >= 0.3 is 5.97 Å². The number of para-hydroxylation sites is 1. The number of amides is 4. The van der Waals surface area contributed by atoms with Crippen LogP contribution in [0, 0.1) is 5.92 Å². The number of nitrogens with two attached hydrogens (primary N) is 1. The van der Waals surface area contributed by atoms with Gasteiger partial charge in [-0.2, -0.15) is 0 Å². The summed E-state index contributed by atoms with van der Waals surface area (Å²) in [4.78, 5) is 69.7. The molecular formula is C39H48N6O8. The van der Waals surface area contributed by atoms with E-state index in [-0.39, 0.29) is 25.0 Å². The smallest absolute Gasteiger partial charge is 0.326 e. The summed E-state index contributed by atoms with van der Waals surface area (Å²) in [7, 11) is 0. The third-order valence-electron chi connectivity index (χ3n) is 9.21. The highest BCUT2D eigenvalue weighted by Gasteiger charge is 2.35. The number of hydrogen-bond donors (Lipinski definition) is 9. The molecule has 14 heteroatoms. The molecule has 4 rings (SSSR count). The Kier molecular flexibility index (Phi) is 14.1. The van der Waals surface area contributed by atoms with Gasteiger partial charge in [0.15, 0.2) is 0 Å². The second kappa shape index (κ2) is 18.7. The van der Waals surface area contributed by atoms with E-state index in [1.807, 2.05) is 31.2 Å². The maximum atomic E-state index is 14.0. The molecule has 7 atom stereocenters. The van der Waals surface area contributed by atoms with Crippen LogP contribution in [0.4, 0.5) is 0 Å². The monoisotopic (exact) mass is 728 g/mol. The lowest BCUT2D eigenvalue weighted by molar-refractivity contribution is -0.142. The molecule has 3 aromatic carbocycles. The molecule has 0 bridgehead atoms. The van der Waals surface area contributed by atoms with Crippen LogP contribution in [-0.4, -0.2) is 86.2 Å². The number of hydrogen-bond acceptors (Lipinski definition) is 8. The molecule has 4 amide bonds. The molecule has 0 radical (unpaired) electrons. The fourth-order valence-electron chi connectivity index (χ4n) is 5.90. The number of aliphatic hydroxyl groups is 1. The predicted octanol–water partition coefficient (Wildman–Crippen LogP) is 1.68. The number of benzene rings is 3. The lowest BCUT2D eigenvalue weighted by Crippen LogP contribution is -2.61. The summed E-state index contributed by atoms with van der Waals surface area (Å²) in [5.74, 6) is -4.79. The number of aliphatic carboxylic acids is 1. The summed E-state index contributed by atoms with van der Waals surface area (Å²) in [6.07, 6.45) is 0.857. The Morgan fingerprint density at radius 2 is 1.26 bits per heavy atom. The second-order valence-electron chi connectivity index (χ2n) is 13.3. The van der Waals surface area contributed by atoms with Gasteiger partial charge < -0.3 is 47.3 Å². The van der Waals surface area contributed by atoms with Crippen LogP contribution in [0.25, 0.3) is 10.9 Å². The Morgan fingerprint density at radius 3 is 1.91 bits per heavy atom. The minimum atomic E-state index is -1.50. The van der Waals surface area contributed by atoms with Crippen molar-refractivity contribution in [3.05, 3.63) is 102 Å². The van der Waals surface area contributed by atoms with Crippen molar-refractivity contribution in [1.82, 2.24) is 26.3 Å². The summed E-state index contributed by atoms with van der Waals surface area (Å²) >= 11 is 0. The average molecular weight is 729 g/mol. The van der Waals surface area contributed by atoms with Gasteiger partial charge in [0.05, 0.1) is 12.1 Å². The van der Waals surface area contributed by atoms with Gasteiger partial charge in [-0.05, 0) is 54.2 Å². The summed E-state index contributed by atoms with van der Waals surface area (Å²) in [6, 6.07) is 15.9. The highest BCUT2D eigenvalue weighted by atomic mass is 16.4. The van der Waals surface area contributed by atoms with Gasteiger partial charge in [0, 0.05) is 29.9 Å². The molecule has 0 saturated carbocycles. The van der Waals surface area contributed by atoms with Gasteiger partial charge in [0.2, 0.25) is 23.6 Å². The van der Waals surface area contributed by atoms with Crippen LogP contribution >= 0.6 is 0 Å². The number of carboxylic acids is 1. The van der Waals surface area contributed by atoms with E-state index < -0.39 is 71.8 Å². The van der Waals surface area contributed by atoms with E-state index in [4.69, 9.17) is 5.73 Å². The maximum absolute atomic E-state index is 14.0. The van der Waals surface area contributed by atoms with Gasteiger partial charge in [-0.3, -0.25) is 19.2 Å². The number of H-pyrrole nitrogens is 1. The van der Waals surface area contributed by atoms with Crippen LogP contribution in [0.15, 0.2) is 85.1 Å². The number of aromatic hydroxyl groups is 1. The number of rotatable bonds is 18. The first kappa shape index (κ1) is 40.0. The van der Waals surface area contributed by atoms with Crippen LogP contribution in [0.2, 0.25) is 0 Å². The molecular weight excluding hydrogens is 680 g/mol. The molecule has 53 heavy (non-hydrogen) atoms. The standard InChI is InChI=1S/C39H48N6O8/c1-4-22(2)33(37(50)43-32(39(52)53)19-24-10-6-5-7-11-24)44-36(49)31(18-25-14-16-27(47)17-15-25)42-38(51)34(23(3)46)45-35(48)29(40)20-26-21-41-30-13-9-8-12-28(26)30/h5-17,21-23,29,31-34,41,46-47H,4,18-20,40H2,1-3H3,(H,42,51)(H,43,50)(H,44,49)(H,45,48)(H,52,53)/t22-,23+,29-,31-,32-,33-,34-/m0/s1. The van der Waals surface area contributed by atoms with E-state index in [1.54, 1.807) is 55.6 Å². The molecule has 10 N–H and O–H groups in total. The fourth-order valence-corrected chi connectivity index (χ4v) is 5.90. The Labute approximate surface area is 307 Å². The Bertz CT molecular complexity index is 1860. The number of fused-ring (bicyclic) bond motifs is 1. The minimum Gasteiger partial charge on any atom is -0.508 e. The third-order valence-corrected chi connectivity index (χ3v) is 9.21. The normalized spacial score (nSPS) is 15.2. The molecule has 14 nitrogen and oxygen atoms in total. The molecule has 0 unspecified atom stereocenters. The zero-order valence-corrected chi connectivity index (χ0v) is 29.9. The van der Waals surface area contributed by atoms with Crippen LogP contribution in [-0.2, 0) is 43.2 Å². The molecule has 1 heterocycles. The zero-order chi connectivity index (χ0) is 38.7. The van der Waals surface area contributed by atoms with E-state index in [0.29, 0.717) is 17.5 Å². The highest BCUT2D eigenvalue weighted by Crippen LogP contribution is 2.19. The summed E-state index contributed by atoms with van der Waals surface area (Å²) in [5.41, 5.74) is 9.13. The third kappa shape index (κ3) is 11.1. The van der Waals surface area contributed by atoms with Crippen molar-refractivity contribution in [3.63, 3.8) is 0 Å². The van der Waals surface area contributed by atoms with E-state index >= 15 is 0 Å². The Balaban J connectivity index is 1.51. The van der Waals surface area contributed by atoms with Crippen LogP contribution in [0.1, 0.15) is 43.9 Å². The Morgan fingerprint density at radius 1 is 0.698 bits per heavy atom. The molecule has 4 aromatic rings. The first-order valence-electron chi connectivity index (χ1n) is 17.5. The van der Waals surface area contributed by atoms with Crippen molar-refractivity contribution in [1.29, 1.82) is 0 Å². The highest BCUT2D eigenvalue weighted by molar-refractivity contribution is 5.96. The quantitative estimate of drug-likeness (QED) is 0.0724. The van der Waals surface area contributed by atoms with Crippen molar-refractivity contribution in [2.45, 2.75) is 82.8 Å². The van der Waals surface area contributed by atoms with Crippen LogP contribution < -0.4 is 27.0 Å². The average Bonchev–Trinajstić information content (AvgIpc) is 3.55. The number of carbonyl (C=O) groups excluding carboxylic acids is 4. The van der Waals surface area contributed by atoms with Crippen LogP contribution in [0.3, 0.4) is 0 Å². The van der Waals surface area contributed by atoms with Gasteiger partial charge in [-0.1, -0.05) is 80.9 Å². The topological polar surface area (TPSA) is 236 Å².